The van der Waals surface area contributed by atoms with Gasteiger partial charge in [-0.2, -0.15) is 0 Å². The number of esters is 1. The van der Waals surface area contributed by atoms with Crippen molar-refractivity contribution in [1.29, 1.82) is 0 Å². The molecule has 2 saturated heterocycles. The Kier molecular flexibility index (Phi) is 11.9. The van der Waals surface area contributed by atoms with Crippen molar-refractivity contribution in [3.05, 3.63) is 10.4 Å². The van der Waals surface area contributed by atoms with Crippen molar-refractivity contribution in [2.24, 2.45) is 22.9 Å². The highest BCUT2D eigenvalue weighted by Crippen LogP contribution is 2.42. The Hall–Kier alpha value is -1.82. The summed E-state index contributed by atoms with van der Waals surface area (Å²) in [5, 5.41) is 3.98. The molecule has 228 valence electrons. The molecule has 0 bridgehead atoms. The van der Waals surface area contributed by atoms with E-state index < -0.39 is 57.3 Å². The van der Waals surface area contributed by atoms with Crippen LogP contribution in [-0.2, 0) is 37.8 Å². The number of rotatable bonds is 11. The van der Waals surface area contributed by atoms with Gasteiger partial charge >= 0.3 is 5.97 Å². The molecule has 0 aromatic carbocycles. The smallest absolute Gasteiger partial charge is 0.306 e. The Morgan fingerprint density at radius 2 is 1.57 bits per heavy atom. The third kappa shape index (κ3) is 8.14. The quantitative estimate of drug-likeness (QED) is 0.0988. The monoisotopic (exact) mass is 583 g/mol. The van der Waals surface area contributed by atoms with Gasteiger partial charge in [-0.05, 0) is 55.8 Å². The highest BCUT2D eigenvalue weighted by atomic mass is 28.4. The molecule has 2 aliphatic rings. The Labute approximate surface area is 239 Å². The summed E-state index contributed by atoms with van der Waals surface area (Å²) in [5.74, 6) is -1.64. The number of azide groups is 1. The van der Waals surface area contributed by atoms with E-state index in [0.29, 0.717) is 6.42 Å². The van der Waals surface area contributed by atoms with Crippen LogP contribution in [0.2, 0.25) is 18.1 Å². The van der Waals surface area contributed by atoms with Crippen LogP contribution in [0.3, 0.4) is 0 Å². The largest absolute Gasteiger partial charge is 0.457 e. The number of carbonyl (C=O) groups is 3. The Balaban J connectivity index is 2.39. The maximum atomic E-state index is 12.7. The van der Waals surface area contributed by atoms with Gasteiger partial charge < -0.3 is 28.2 Å². The van der Waals surface area contributed by atoms with Gasteiger partial charge in [0.1, 0.15) is 11.9 Å². The fraction of sp³-hybridized carbons (Fsp3) is 0.893. The molecule has 11 nitrogen and oxygen atoms in total. The number of nitrogens with zero attached hydrogens (tertiary/aromatic N) is 3. The molecule has 4 unspecified atom stereocenters. The zero-order valence-corrected chi connectivity index (χ0v) is 27.0. The van der Waals surface area contributed by atoms with Gasteiger partial charge in [-0.25, -0.2) is 0 Å². The van der Waals surface area contributed by atoms with E-state index in [-0.39, 0.29) is 47.2 Å². The van der Waals surface area contributed by atoms with E-state index in [1.165, 1.54) is 13.8 Å². The zero-order valence-electron chi connectivity index (χ0n) is 26.0. The first kappa shape index (κ1) is 34.4. The molecular formula is C28H49N3O8Si. The zero-order chi connectivity index (χ0) is 30.6. The van der Waals surface area contributed by atoms with Crippen LogP contribution in [0.1, 0.15) is 81.6 Å². The maximum Gasteiger partial charge on any atom is 0.306 e. The minimum absolute atomic E-state index is 0.0538. The second-order valence-corrected chi connectivity index (χ2v) is 17.7. The first-order chi connectivity index (χ1) is 18.4. The summed E-state index contributed by atoms with van der Waals surface area (Å²) in [5.41, 5.74) is 9.41. The van der Waals surface area contributed by atoms with Crippen LogP contribution < -0.4 is 0 Å². The molecule has 0 radical (unpaired) electrons. The van der Waals surface area contributed by atoms with Crippen molar-refractivity contribution in [3.63, 3.8) is 0 Å². The van der Waals surface area contributed by atoms with Crippen molar-refractivity contribution in [1.82, 2.24) is 0 Å². The van der Waals surface area contributed by atoms with Crippen LogP contribution in [0.15, 0.2) is 5.11 Å². The van der Waals surface area contributed by atoms with Crippen LogP contribution in [0.5, 0.6) is 0 Å². The first-order valence-electron chi connectivity index (χ1n) is 14.3. The van der Waals surface area contributed by atoms with Gasteiger partial charge in [-0.15, -0.1) is 0 Å². The summed E-state index contributed by atoms with van der Waals surface area (Å²) < 4.78 is 31.5. The summed E-state index contributed by atoms with van der Waals surface area (Å²) in [6.45, 7) is 21.2. The molecule has 2 aliphatic heterocycles. The van der Waals surface area contributed by atoms with Crippen molar-refractivity contribution < 1.29 is 37.8 Å². The van der Waals surface area contributed by atoms with E-state index in [0.717, 1.165) is 0 Å². The first-order valence-corrected chi connectivity index (χ1v) is 17.2. The molecule has 0 aliphatic carbocycles. The molecule has 12 heteroatoms. The highest BCUT2D eigenvalue weighted by molar-refractivity contribution is 6.74. The average Bonchev–Trinajstić information content (AvgIpc) is 2.84. The predicted octanol–water partition coefficient (Wildman–Crippen LogP) is 5.71. The molecule has 10 atom stereocenters. The molecule has 0 aromatic rings. The topological polar surface area (TPSA) is 146 Å². The van der Waals surface area contributed by atoms with E-state index in [1.54, 1.807) is 0 Å². The van der Waals surface area contributed by atoms with E-state index in [4.69, 9.17) is 23.4 Å². The second-order valence-electron chi connectivity index (χ2n) is 12.9. The van der Waals surface area contributed by atoms with E-state index in [9.17, 15) is 19.9 Å². The van der Waals surface area contributed by atoms with E-state index in [1.807, 2.05) is 27.7 Å². The molecule has 0 N–H and O–H groups in total. The van der Waals surface area contributed by atoms with E-state index >= 15 is 0 Å². The van der Waals surface area contributed by atoms with Crippen LogP contribution in [0, 0.1) is 17.8 Å². The van der Waals surface area contributed by atoms with Crippen molar-refractivity contribution >= 4 is 25.9 Å². The lowest BCUT2D eigenvalue weighted by molar-refractivity contribution is -0.317. The Morgan fingerprint density at radius 1 is 0.950 bits per heavy atom. The second kappa shape index (κ2) is 13.9. The number of hydrogen-bond acceptors (Lipinski definition) is 9. The molecule has 40 heavy (non-hydrogen) atoms. The molecule has 2 rings (SSSR count). The normalized spacial score (nSPS) is 35.0. The molecule has 2 heterocycles. The standard InChI is InChI=1S/C28H49N3O8Si/c1-12-20-24(18(5)22(30-31-29)26(35-20)39-40(10,11)28(7,8)9)38-27-25(36-21(34)14-13-15(2)32)17(4)16(3)23(37-27)19(6)33/h16-18,20,22-27H,12-14H2,1-11H3/t16-,17-,18+,20?,22?,23?,24-,25?,26-,27-/m0/s1. The van der Waals surface area contributed by atoms with Gasteiger partial charge in [0.15, 0.2) is 32.8 Å². The van der Waals surface area contributed by atoms with Crippen molar-refractivity contribution in [3.8, 4) is 0 Å². The summed E-state index contributed by atoms with van der Waals surface area (Å²) in [4.78, 5) is 39.6. The average molecular weight is 584 g/mol. The lowest BCUT2D eigenvalue weighted by Gasteiger charge is -2.50. The van der Waals surface area contributed by atoms with E-state index in [2.05, 4.69) is 43.9 Å². The van der Waals surface area contributed by atoms with Gasteiger partial charge in [0.2, 0.25) is 0 Å². The van der Waals surface area contributed by atoms with Crippen LogP contribution in [0.25, 0.3) is 10.4 Å². The summed E-state index contributed by atoms with van der Waals surface area (Å²) >= 11 is 0. The third-order valence-electron chi connectivity index (χ3n) is 8.83. The SMILES string of the molecule is CCC1O[C@@H](O[Si](C)(C)C(C)(C)C)C(N=[N+]=[N-])[C@@H](C)[C@@H]1O[C@@H]1OC(C(C)=O)[C@@H](C)[C@H](C)C1OC(=O)CCC(C)=O. The third-order valence-corrected chi connectivity index (χ3v) is 13.3. The summed E-state index contributed by atoms with van der Waals surface area (Å²) in [6.07, 6.45) is -3.79. The number of hydrogen-bond donors (Lipinski definition) is 0. The molecular weight excluding hydrogens is 534 g/mol. The maximum absolute atomic E-state index is 12.7. The predicted molar refractivity (Wildman–Crippen MR) is 152 cm³/mol. The van der Waals surface area contributed by atoms with Gasteiger partial charge in [0, 0.05) is 17.3 Å². The molecule has 0 saturated carbocycles. The summed E-state index contributed by atoms with van der Waals surface area (Å²) in [6, 6.07) is -0.674. The van der Waals surface area contributed by atoms with Crippen LogP contribution >= 0.6 is 0 Å². The number of ketones is 2. The Morgan fingerprint density at radius 3 is 2.08 bits per heavy atom. The molecule has 0 aromatic heterocycles. The molecule has 0 amide bonds. The van der Waals surface area contributed by atoms with Crippen molar-refractivity contribution in [2.75, 3.05) is 0 Å². The van der Waals surface area contributed by atoms with Crippen LogP contribution in [0.4, 0.5) is 0 Å². The fourth-order valence-corrected chi connectivity index (χ4v) is 6.11. The van der Waals surface area contributed by atoms with Gasteiger partial charge in [-0.1, -0.05) is 53.6 Å². The fourth-order valence-electron chi connectivity index (χ4n) is 4.99. The highest BCUT2D eigenvalue weighted by Gasteiger charge is 2.52. The van der Waals surface area contributed by atoms with Crippen molar-refractivity contribution in [2.45, 2.75) is 143 Å². The number of carbonyl (C=O) groups excluding carboxylic acids is 3. The minimum atomic E-state index is -2.28. The summed E-state index contributed by atoms with van der Waals surface area (Å²) in [7, 11) is -2.28. The number of ether oxygens (including phenoxy) is 4. The Bertz CT molecular complexity index is 964. The van der Waals surface area contributed by atoms with Crippen LogP contribution in [-0.4, -0.2) is 68.9 Å². The minimum Gasteiger partial charge on any atom is -0.457 e. The van der Waals surface area contributed by atoms with Gasteiger partial charge in [-0.3, -0.25) is 9.59 Å². The van der Waals surface area contributed by atoms with Gasteiger partial charge in [0.25, 0.3) is 0 Å². The lowest BCUT2D eigenvalue weighted by atomic mass is 9.81. The molecule has 0 spiro atoms. The number of Topliss-reactive ketones (excluding diaryl/α,β-unsaturated/α-hetero) is 2. The van der Waals surface area contributed by atoms with Gasteiger partial charge in [0.05, 0.1) is 24.7 Å². The molecule has 2 fully saturated rings. The lowest BCUT2D eigenvalue weighted by Crippen LogP contribution is -2.61.